The first-order chi connectivity index (χ1) is 15.4. The van der Waals surface area contributed by atoms with Crippen molar-refractivity contribution in [2.45, 2.75) is 47.1 Å². The topological polar surface area (TPSA) is 63.9 Å². The summed E-state index contributed by atoms with van der Waals surface area (Å²) in [5, 5.41) is 0. The van der Waals surface area contributed by atoms with Crippen LogP contribution in [0.15, 0.2) is 36.7 Å². The predicted octanol–water partition coefficient (Wildman–Crippen LogP) is 4.77. The van der Waals surface area contributed by atoms with Gasteiger partial charge in [-0.3, -0.25) is 4.79 Å². The number of hydrogen-bond acceptors (Lipinski definition) is 4. The Balaban J connectivity index is 1.26. The van der Waals surface area contributed by atoms with Gasteiger partial charge < -0.3 is 9.47 Å². The first-order valence-corrected chi connectivity index (χ1v) is 11.4. The van der Waals surface area contributed by atoms with Gasteiger partial charge in [0.15, 0.2) is 0 Å². The van der Waals surface area contributed by atoms with Crippen LogP contribution in [-0.4, -0.2) is 43.4 Å². The molecule has 0 bridgehead atoms. The van der Waals surface area contributed by atoms with E-state index in [0.717, 1.165) is 60.4 Å². The lowest BCUT2D eigenvalue weighted by Gasteiger charge is -2.32. The van der Waals surface area contributed by atoms with Gasteiger partial charge in [0.05, 0.1) is 39.8 Å². The highest BCUT2D eigenvalue weighted by molar-refractivity contribution is 5.97. The van der Waals surface area contributed by atoms with Gasteiger partial charge in [0.1, 0.15) is 0 Å². The van der Waals surface area contributed by atoms with E-state index in [-0.39, 0.29) is 5.91 Å². The number of fused-ring (bicyclic) bond motifs is 2. The molecule has 32 heavy (non-hydrogen) atoms. The van der Waals surface area contributed by atoms with E-state index in [0.29, 0.717) is 11.5 Å². The number of piperidine rings is 1. The van der Waals surface area contributed by atoms with Crippen molar-refractivity contribution in [2.75, 3.05) is 13.1 Å². The number of hydrogen-bond donors (Lipinski definition) is 0. The molecular formula is C26H29N5O. The number of benzene rings is 2. The molecule has 1 aliphatic heterocycles. The maximum Gasteiger partial charge on any atom is 0.253 e. The molecule has 1 fully saturated rings. The third kappa shape index (κ3) is 3.74. The van der Waals surface area contributed by atoms with Gasteiger partial charge in [-0.1, -0.05) is 0 Å². The molecule has 0 unspecified atom stereocenters. The number of rotatable bonds is 3. The van der Waals surface area contributed by atoms with Crippen LogP contribution in [0, 0.1) is 33.6 Å². The first kappa shape index (κ1) is 20.6. The average molecular weight is 428 g/mol. The SMILES string of the molecule is Cc1cc2ncn(CC3CCN(C(=O)c4ccc5nc(C)c(C)nc5c4)CC3)c2cc1C. The molecule has 0 spiro atoms. The molecular weight excluding hydrogens is 398 g/mol. The number of carbonyl (C=O) groups excluding carboxylic acids is 1. The Kier molecular flexibility index (Phi) is 5.16. The molecule has 0 saturated carbocycles. The monoisotopic (exact) mass is 427 g/mol. The Morgan fingerprint density at radius 2 is 1.59 bits per heavy atom. The summed E-state index contributed by atoms with van der Waals surface area (Å²) in [6.07, 6.45) is 3.96. The van der Waals surface area contributed by atoms with Gasteiger partial charge in [0, 0.05) is 25.2 Å². The molecule has 3 heterocycles. The molecule has 164 valence electrons. The minimum absolute atomic E-state index is 0.0876. The zero-order chi connectivity index (χ0) is 22.4. The predicted molar refractivity (Wildman–Crippen MR) is 127 cm³/mol. The Labute approximate surface area is 188 Å². The number of aromatic nitrogens is 4. The van der Waals surface area contributed by atoms with E-state index in [9.17, 15) is 4.79 Å². The van der Waals surface area contributed by atoms with Crippen molar-refractivity contribution in [3.8, 4) is 0 Å². The quantitative estimate of drug-likeness (QED) is 0.473. The third-order valence-corrected chi connectivity index (χ3v) is 6.92. The summed E-state index contributed by atoms with van der Waals surface area (Å²) in [5.74, 6) is 0.635. The maximum absolute atomic E-state index is 13.1. The van der Waals surface area contributed by atoms with Gasteiger partial charge >= 0.3 is 0 Å². The smallest absolute Gasteiger partial charge is 0.253 e. The Hall–Kier alpha value is -3.28. The number of amides is 1. The summed E-state index contributed by atoms with van der Waals surface area (Å²) < 4.78 is 2.27. The molecule has 6 nitrogen and oxygen atoms in total. The number of nitrogens with zero attached hydrogens (tertiary/aromatic N) is 5. The molecule has 0 aliphatic carbocycles. The highest BCUT2D eigenvalue weighted by atomic mass is 16.2. The Morgan fingerprint density at radius 3 is 2.34 bits per heavy atom. The molecule has 0 N–H and O–H groups in total. The third-order valence-electron chi connectivity index (χ3n) is 6.92. The molecule has 2 aromatic heterocycles. The van der Waals surface area contributed by atoms with Crippen LogP contribution in [0.5, 0.6) is 0 Å². The van der Waals surface area contributed by atoms with Crippen LogP contribution in [0.4, 0.5) is 0 Å². The minimum Gasteiger partial charge on any atom is -0.339 e. The fourth-order valence-corrected chi connectivity index (χ4v) is 4.60. The fourth-order valence-electron chi connectivity index (χ4n) is 4.60. The normalized spacial score (nSPS) is 15.1. The zero-order valence-corrected chi connectivity index (χ0v) is 19.2. The number of aryl methyl sites for hydroxylation is 4. The number of imidazole rings is 1. The van der Waals surface area contributed by atoms with Gasteiger partial charge in [0.2, 0.25) is 0 Å². The van der Waals surface area contributed by atoms with Gasteiger partial charge in [-0.05, 0) is 87.9 Å². The summed E-state index contributed by atoms with van der Waals surface area (Å²) >= 11 is 0. The van der Waals surface area contributed by atoms with Crippen LogP contribution >= 0.6 is 0 Å². The maximum atomic E-state index is 13.1. The van der Waals surface area contributed by atoms with Crippen molar-refractivity contribution in [2.24, 2.45) is 5.92 Å². The lowest BCUT2D eigenvalue weighted by atomic mass is 9.96. The lowest BCUT2D eigenvalue weighted by molar-refractivity contribution is 0.0683. The summed E-state index contributed by atoms with van der Waals surface area (Å²) in [6, 6.07) is 10.1. The summed E-state index contributed by atoms with van der Waals surface area (Å²) in [7, 11) is 0. The summed E-state index contributed by atoms with van der Waals surface area (Å²) in [6.45, 7) is 10.7. The van der Waals surface area contributed by atoms with Crippen molar-refractivity contribution >= 4 is 28.0 Å². The van der Waals surface area contributed by atoms with E-state index >= 15 is 0 Å². The van der Waals surface area contributed by atoms with Crippen molar-refractivity contribution in [1.82, 2.24) is 24.4 Å². The van der Waals surface area contributed by atoms with Crippen molar-refractivity contribution < 1.29 is 4.79 Å². The summed E-state index contributed by atoms with van der Waals surface area (Å²) in [4.78, 5) is 28.9. The van der Waals surface area contributed by atoms with E-state index in [2.05, 4.69) is 45.5 Å². The van der Waals surface area contributed by atoms with Crippen molar-refractivity contribution in [3.05, 3.63) is 64.7 Å². The standard InChI is InChI=1S/C26H29N5O/c1-16-11-24-25(12-17(16)2)31(15-27-24)14-20-7-9-30(10-8-20)26(32)21-5-6-22-23(13-21)29-19(4)18(3)28-22/h5-6,11-13,15,20H,7-10,14H2,1-4H3. The van der Waals surface area contributed by atoms with E-state index in [1.807, 2.05) is 43.3 Å². The zero-order valence-electron chi connectivity index (χ0n) is 19.2. The van der Waals surface area contributed by atoms with Gasteiger partial charge in [-0.25, -0.2) is 15.0 Å². The Bertz CT molecular complexity index is 1330. The molecule has 2 aromatic carbocycles. The molecule has 1 aliphatic rings. The highest BCUT2D eigenvalue weighted by Gasteiger charge is 2.24. The molecule has 4 aromatic rings. The molecule has 0 radical (unpaired) electrons. The molecule has 1 amide bonds. The molecule has 1 saturated heterocycles. The second-order valence-electron chi connectivity index (χ2n) is 9.16. The van der Waals surface area contributed by atoms with Crippen LogP contribution < -0.4 is 0 Å². The van der Waals surface area contributed by atoms with Crippen LogP contribution in [0.25, 0.3) is 22.1 Å². The second kappa shape index (κ2) is 8.01. The molecule has 6 heteroatoms. The average Bonchev–Trinajstić information content (AvgIpc) is 3.16. The van der Waals surface area contributed by atoms with Gasteiger partial charge in [-0.2, -0.15) is 0 Å². The van der Waals surface area contributed by atoms with E-state index in [4.69, 9.17) is 0 Å². The van der Waals surface area contributed by atoms with Crippen LogP contribution in [0.1, 0.15) is 45.7 Å². The van der Waals surface area contributed by atoms with Gasteiger partial charge in [-0.15, -0.1) is 0 Å². The van der Waals surface area contributed by atoms with Crippen molar-refractivity contribution in [1.29, 1.82) is 0 Å². The molecule has 0 atom stereocenters. The van der Waals surface area contributed by atoms with Crippen molar-refractivity contribution in [3.63, 3.8) is 0 Å². The minimum atomic E-state index is 0.0876. The van der Waals surface area contributed by atoms with Crippen LogP contribution in [-0.2, 0) is 6.54 Å². The summed E-state index contributed by atoms with van der Waals surface area (Å²) in [5.41, 5.74) is 8.98. The van der Waals surface area contributed by atoms with Crippen LogP contribution in [0.2, 0.25) is 0 Å². The second-order valence-corrected chi connectivity index (χ2v) is 9.16. The van der Waals surface area contributed by atoms with Gasteiger partial charge in [0.25, 0.3) is 5.91 Å². The van der Waals surface area contributed by atoms with E-state index < -0.39 is 0 Å². The molecule has 5 rings (SSSR count). The fraction of sp³-hybridized carbons (Fsp3) is 0.385. The lowest BCUT2D eigenvalue weighted by Crippen LogP contribution is -2.39. The highest BCUT2D eigenvalue weighted by Crippen LogP contribution is 2.25. The van der Waals surface area contributed by atoms with Crippen LogP contribution in [0.3, 0.4) is 0 Å². The number of likely N-dealkylation sites (tertiary alicyclic amines) is 1. The van der Waals surface area contributed by atoms with E-state index in [1.54, 1.807) is 0 Å². The Morgan fingerprint density at radius 1 is 0.906 bits per heavy atom. The number of carbonyl (C=O) groups is 1. The largest absolute Gasteiger partial charge is 0.339 e. The van der Waals surface area contributed by atoms with E-state index in [1.165, 1.54) is 16.6 Å². The first-order valence-electron chi connectivity index (χ1n) is 11.4.